The number of aromatic carboxylic acids is 1. The molecule has 0 spiro atoms. The van der Waals surface area contributed by atoms with E-state index in [1.807, 2.05) is 0 Å². The van der Waals surface area contributed by atoms with Gasteiger partial charge in [-0.1, -0.05) is 48.5 Å². The number of barbiturate groups is 1. The van der Waals surface area contributed by atoms with E-state index in [9.17, 15) is 19.2 Å². The normalized spacial score (nSPS) is 13.4. The van der Waals surface area contributed by atoms with Crippen LogP contribution in [0.4, 0.5) is 16.2 Å². The number of carbonyl (C=O) groups is 4. The standard InChI is InChI=1S/C31H20I2N2O6/c32-25-16-20(17-26(33)27(25)41-18-19-11-13-21(14-12-19)30(38)39)15-24-28(36)34(22-7-3-1-4-8-22)31(40)35(29(24)37)23-9-5-2-6-10-23/h1-17H,18H2,(H,38,39). The first-order chi connectivity index (χ1) is 19.7. The Balaban J connectivity index is 1.48. The predicted octanol–water partition coefficient (Wildman–Crippen LogP) is 6.76. The van der Waals surface area contributed by atoms with Crippen molar-refractivity contribution < 1.29 is 29.0 Å². The molecule has 204 valence electrons. The SMILES string of the molecule is O=C(O)c1ccc(COc2c(I)cc(C=C3C(=O)N(c4ccccc4)C(=O)N(c4ccccc4)C3=O)cc2I)cc1. The van der Waals surface area contributed by atoms with Gasteiger partial charge in [-0.3, -0.25) is 9.59 Å². The predicted molar refractivity (Wildman–Crippen MR) is 171 cm³/mol. The third-order valence-electron chi connectivity index (χ3n) is 6.19. The van der Waals surface area contributed by atoms with Gasteiger partial charge in [0.25, 0.3) is 11.8 Å². The van der Waals surface area contributed by atoms with Gasteiger partial charge >= 0.3 is 12.0 Å². The number of amides is 4. The number of urea groups is 1. The van der Waals surface area contributed by atoms with Crippen molar-refractivity contribution in [1.29, 1.82) is 0 Å². The quantitative estimate of drug-likeness (QED) is 0.127. The van der Waals surface area contributed by atoms with Crippen molar-refractivity contribution in [3.05, 3.63) is 126 Å². The van der Waals surface area contributed by atoms with Crippen LogP contribution >= 0.6 is 45.2 Å². The second-order valence-corrected chi connectivity index (χ2v) is 11.2. The van der Waals surface area contributed by atoms with Crippen molar-refractivity contribution in [1.82, 2.24) is 0 Å². The highest BCUT2D eigenvalue weighted by atomic mass is 127. The third-order valence-corrected chi connectivity index (χ3v) is 7.80. The number of hydrogen-bond donors (Lipinski definition) is 1. The van der Waals surface area contributed by atoms with Crippen molar-refractivity contribution >= 4 is 86.4 Å². The molecule has 5 rings (SSSR count). The van der Waals surface area contributed by atoms with Crippen LogP contribution in [0.2, 0.25) is 0 Å². The van der Waals surface area contributed by atoms with Gasteiger partial charge in [-0.25, -0.2) is 19.4 Å². The molecule has 0 atom stereocenters. The zero-order valence-corrected chi connectivity index (χ0v) is 25.5. The van der Waals surface area contributed by atoms with Gasteiger partial charge < -0.3 is 9.84 Å². The summed E-state index contributed by atoms with van der Waals surface area (Å²) in [6, 6.07) is 26.2. The average molecular weight is 770 g/mol. The van der Waals surface area contributed by atoms with Gasteiger partial charge in [0.1, 0.15) is 17.9 Å². The van der Waals surface area contributed by atoms with Gasteiger partial charge in [0.05, 0.1) is 24.1 Å². The molecule has 0 aliphatic carbocycles. The van der Waals surface area contributed by atoms with Crippen molar-refractivity contribution in [3.63, 3.8) is 0 Å². The summed E-state index contributed by atoms with van der Waals surface area (Å²) < 4.78 is 7.52. The Morgan fingerprint density at radius 2 is 1.24 bits per heavy atom. The molecule has 0 saturated carbocycles. The topological polar surface area (TPSA) is 104 Å². The fraction of sp³-hybridized carbons (Fsp3) is 0.0323. The molecule has 1 aliphatic rings. The van der Waals surface area contributed by atoms with Crippen LogP contribution in [0.15, 0.2) is 103 Å². The maximum Gasteiger partial charge on any atom is 0.343 e. The molecule has 0 bridgehead atoms. The number of halogens is 2. The summed E-state index contributed by atoms with van der Waals surface area (Å²) in [5, 5.41) is 9.09. The van der Waals surface area contributed by atoms with E-state index >= 15 is 0 Å². The number of hydrogen-bond acceptors (Lipinski definition) is 5. The molecule has 1 aliphatic heterocycles. The maximum atomic E-state index is 13.6. The number of anilines is 2. The Morgan fingerprint density at radius 3 is 1.71 bits per heavy atom. The number of benzene rings is 4. The first-order valence-electron chi connectivity index (χ1n) is 12.2. The number of carboxylic acid groups (broad SMARTS) is 1. The second kappa shape index (κ2) is 12.2. The molecule has 8 nitrogen and oxygen atoms in total. The molecule has 0 aromatic heterocycles. The lowest BCUT2D eigenvalue weighted by atomic mass is 10.0. The second-order valence-electron chi connectivity index (χ2n) is 8.90. The zero-order valence-electron chi connectivity index (χ0n) is 21.2. The van der Waals surface area contributed by atoms with Crippen LogP contribution in [-0.2, 0) is 16.2 Å². The van der Waals surface area contributed by atoms with E-state index in [-0.39, 0.29) is 17.7 Å². The van der Waals surface area contributed by atoms with Crippen LogP contribution < -0.4 is 14.5 Å². The number of para-hydroxylation sites is 2. The third kappa shape index (κ3) is 6.03. The molecule has 41 heavy (non-hydrogen) atoms. The summed E-state index contributed by atoms with van der Waals surface area (Å²) in [6.45, 7) is 0.226. The molecular formula is C31H20I2N2O6. The number of carbonyl (C=O) groups excluding carboxylic acids is 3. The molecule has 4 aromatic carbocycles. The molecule has 4 aromatic rings. The highest BCUT2D eigenvalue weighted by Gasteiger charge is 2.43. The Morgan fingerprint density at radius 1 is 0.756 bits per heavy atom. The molecular weight excluding hydrogens is 750 g/mol. The molecule has 4 amide bonds. The Hall–Kier alpha value is -4.04. The van der Waals surface area contributed by atoms with Gasteiger partial charge in [-0.15, -0.1) is 0 Å². The molecule has 0 unspecified atom stereocenters. The van der Waals surface area contributed by atoms with Crippen molar-refractivity contribution in [2.24, 2.45) is 0 Å². The maximum absolute atomic E-state index is 13.6. The van der Waals surface area contributed by atoms with E-state index in [1.54, 1.807) is 84.9 Å². The average Bonchev–Trinajstić information content (AvgIpc) is 2.96. The van der Waals surface area contributed by atoms with E-state index in [0.717, 1.165) is 22.5 Å². The summed E-state index contributed by atoms with van der Waals surface area (Å²) >= 11 is 4.24. The van der Waals surface area contributed by atoms with Crippen LogP contribution in [0.25, 0.3) is 6.08 Å². The summed E-state index contributed by atoms with van der Waals surface area (Å²) in [5.41, 5.74) is 2.13. The molecule has 10 heteroatoms. The molecule has 1 N–H and O–H groups in total. The van der Waals surface area contributed by atoms with E-state index in [4.69, 9.17) is 9.84 Å². The zero-order chi connectivity index (χ0) is 29.1. The number of imide groups is 2. The lowest BCUT2D eigenvalue weighted by molar-refractivity contribution is -0.121. The Bertz CT molecular complexity index is 1600. The van der Waals surface area contributed by atoms with Gasteiger partial charge in [0.15, 0.2) is 0 Å². The highest BCUT2D eigenvalue weighted by Crippen LogP contribution is 2.33. The minimum atomic E-state index is -0.996. The number of carboxylic acids is 1. The van der Waals surface area contributed by atoms with Gasteiger partial charge in [0, 0.05) is 0 Å². The van der Waals surface area contributed by atoms with E-state index in [2.05, 4.69) is 45.2 Å². The molecule has 1 fully saturated rings. The Kier molecular flexibility index (Phi) is 8.49. The van der Waals surface area contributed by atoms with E-state index in [0.29, 0.717) is 22.7 Å². The lowest BCUT2D eigenvalue weighted by Gasteiger charge is -2.34. The first-order valence-corrected chi connectivity index (χ1v) is 14.4. The summed E-state index contributed by atoms with van der Waals surface area (Å²) in [4.78, 5) is 53.8. The van der Waals surface area contributed by atoms with E-state index in [1.165, 1.54) is 18.2 Å². The van der Waals surface area contributed by atoms with Crippen LogP contribution in [0.3, 0.4) is 0 Å². The van der Waals surface area contributed by atoms with E-state index < -0.39 is 23.8 Å². The number of rotatable bonds is 7. The van der Waals surface area contributed by atoms with Gasteiger partial charge in [0.2, 0.25) is 0 Å². The smallest absolute Gasteiger partial charge is 0.343 e. The largest absolute Gasteiger partial charge is 0.487 e. The van der Waals surface area contributed by atoms with Crippen molar-refractivity contribution in [2.75, 3.05) is 9.80 Å². The molecule has 1 saturated heterocycles. The molecule has 0 radical (unpaired) electrons. The lowest BCUT2D eigenvalue weighted by Crippen LogP contribution is -2.57. The van der Waals surface area contributed by atoms with Crippen LogP contribution in [0.5, 0.6) is 5.75 Å². The van der Waals surface area contributed by atoms with Crippen LogP contribution in [-0.4, -0.2) is 28.9 Å². The number of nitrogens with zero attached hydrogens (tertiary/aromatic N) is 2. The monoisotopic (exact) mass is 770 g/mol. The Labute approximate surface area is 262 Å². The minimum Gasteiger partial charge on any atom is -0.487 e. The minimum absolute atomic E-state index is 0.156. The van der Waals surface area contributed by atoms with Gasteiger partial charge in [-0.05, 0) is 111 Å². The van der Waals surface area contributed by atoms with Crippen LogP contribution in [0, 0.1) is 7.14 Å². The first kappa shape index (κ1) is 28.5. The number of ether oxygens (including phenoxy) is 1. The summed E-state index contributed by atoms with van der Waals surface area (Å²) in [6.07, 6.45) is 1.49. The molecule has 1 heterocycles. The summed E-state index contributed by atoms with van der Waals surface area (Å²) in [5.74, 6) is -1.81. The fourth-order valence-electron chi connectivity index (χ4n) is 4.21. The van der Waals surface area contributed by atoms with Gasteiger partial charge in [-0.2, -0.15) is 0 Å². The van der Waals surface area contributed by atoms with Crippen LogP contribution in [0.1, 0.15) is 21.5 Å². The highest BCUT2D eigenvalue weighted by molar-refractivity contribution is 14.1. The fourth-order valence-corrected chi connectivity index (χ4v) is 6.33. The van der Waals surface area contributed by atoms with Crippen molar-refractivity contribution in [2.45, 2.75) is 6.61 Å². The van der Waals surface area contributed by atoms with Crippen molar-refractivity contribution in [3.8, 4) is 5.75 Å². The summed E-state index contributed by atoms with van der Waals surface area (Å²) in [7, 11) is 0.